The molecule has 2 aromatic carbocycles. The van der Waals surface area contributed by atoms with Crippen molar-refractivity contribution in [3.05, 3.63) is 59.7 Å². The molecular weight excluding hydrogens is 376 g/mol. The maximum absolute atomic E-state index is 12.5. The molecule has 1 fully saturated rings. The van der Waals surface area contributed by atoms with Crippen molar-refractivity contribution in [2.45, 2.75) is 26.8 Å². The molecule has 1 amide bonds. The Kier molecular flexibility index (Phi) is 6.24. The molecule has 0 unspecified atom stereocenters. The van der Waals surface area contributed by atoms with E-state index in [0.717, 1.165) is 11.3 Å². The molecule has 7 heteroatoms. The molecule has 150 valence electrons. The second-order valence-electron chi connectivity index (χ2n) is 7.32. The van der Waals surface area contributed by atoms with E-state index < -0.39 is 10.0 Å². The number of nitrogens with one attached hydrogen (secondary N) is 1. The Balaban J connectivity index is 1.60. The zero-order chi connectivity index (χ0) is 20.1. The molecule has 0 atom stereocenters. The van der Waals surface area contributed by atoms with E-state index in [1.54, 1.807) is 24.3 Å². The van der Waals surface area contributed by atoms with E-state index in [1.165, 1.54) is 4.31 Å². The maximum Gasteiger partial charge on any atom is 0.251 e. The van der Waals surface area contributed by atoms with Crippen molar-refractivity contribution in [1.29, 1.82) is 0 Å². The largest absolute Gasteiger partial charge is 0.493 e. The molecule has 0 aliphatic carbocycles. The first-order valence-electron chi connectivity index (χ1n) is 9.45. The number of anilines is 1. The quantitative estimate of drug-likeness (QED) is 0.772. The van der Waals surface area contributed by atoms with Crippen LogP contribution in [0.4, 0.5) is 5.69 Å². The fourth-order valence-corrected chi connectivity index (χ4v) is 4.54. The van der Waals surface area contributed by atoms with Gasteiger partial charge in [0.1, 0.15) is 5.75 Å². The molecule has 1 aliphatic rings. The van der Waals surface area contributed by atoms with E-state index in [4.69, 9.17) is 4.74 Å². The number of carbonyl (C=O) groups excluding carboxylic acids is 1. The van der Waals surface area contributed by atoms with Crippen LogP contribution in [0.3, 0.4) is 0 Å². The predicted octanol–water partition coefficient (Wildman–Crippen LogP) is 3.19. The van der Waals surface area contributed by atoms with Crippen LogP contribution in [0.5, 0.6) is 5.75 Å². The van der Waals surface area contributed by atoms with Crippen LogP contribution in [0.2, 0.25) is 0 Å². The summed E-state index contributed by atoms with van der Waals surface area (Å²) in [6, 6.07) is 14.4. The van der Waals surface area contributed by atoms with Crippen LogP contribution >= 0.6 is 0 Å². The summed E-state index contributed by atoms with van der Waals surface area (Å²) in [5.41, 5.74) is 1.94. The highest BCUT2D eigenvalue weighted by molar-refractivity contribution is 7.93. The van der Waals surface area contributed by atoms with Gasteiger partial charge in [-0.3, -0.25) is 9.10 Å². The third-order valence-corrected chi connectivity index (χ3v) is 6.32. The number of hydrogen-bond acceptors (Lipinski definition) is 4. The Morgan fingerprint density at radius 3 is 2.57 bits per heavy atom. The second-order valence-corrected chi connectivity index (χ2v) is 9.34. The standard InChI is InChI=1S/C21H26N2O4S/c1-16(2)15-27-20-9-7-17(8-10-20)14-22-21(24)18-5-3-6-19(13-18)23-11-4-12-28(23,25)26/h3,5-10,13,16H,4,11-12,14-15H2,1-2H3,(H,22,24). The number of nitrogens with zero attached hydrogens (tertiary/aromatic N) is 1. The van der Waals surface area contributed by atoms with E-state index in [-0.39, 0.29) is 11.7 Å². The number of rotatable bonds is 7. The Morgan fingerprint density at radius 1 is 1.18 bits per heavy atom. The molecule has 0 spiro atoms. The van der Waals surface area contributed by atoms with E-state index in [0.29, 0.717) is 43.3 Å². The molecule has 0 radical (unpaired) electrons. The summed E-state index contributed by atoms with van der Waals surface area (Å²) in [5.74, 6) is 1.19. The highest BCUT2D eigenvalue weighted by Crippen LogP contribution is 2.24. The van der Waals surface area contributed by atoms with E-state index >= 15 is 0 Å². The lowest BCUT2D eigenvalue weighted by Gasteiger charge is -2.17. The second kappa shape index (κ2) is 8.65. The minimum atomic E-state index is -3.26. The molecule has 1 N–H and O–H groups in total. The molecule has 3 rings (SSSR count). The molecule has 0 saturated carbocycles. The van der Waals surface area contributed by atoms with Crippen LogP contribution in [-0.4, -0.2) is 33.2 Å². The molecule has 1 heterocycles. The lowest BCUT2D eigenvalue weighted by molar-refractivity contribution is 0.0951. The maximum atomic E-state index is 12.5. The summed E-state index contributed by atoms with van der Waals surface area (Å²) in [6.45, 7) is 5.70. The number of hydrogen-bond donors (Lipinski definition) is 1. The van der Waals surface area contributed by atoms with Crippen molar-refractivity contribution in [3.8, 4) is 5.75 Å². The fourth-order valence-electron chi connectivity index (χ4n) is 2.98. The minimum absolute atomic E-state index is 0.153. The third kappa shape index (κ3) is 5.04. The molecular formula is C21H26N2O4S. The molecule has 0 bridgehead atoms. The van der Waals surface area contributed by atoms with Gasteiger partial charge in [-0.05, 0) is 48.2 Å². The van der Waals surface area contributed by atoms with Gasteiger partial charge >= 0.3 is 0 Å². The first-order chi connectivity index (χ1) is 13.3. The molecule has 0 aromatic heterocycles. The predicted molar refractivity (Wildman–Crippen MR) is 110 cm³/mol. The van der Waals surface area contributed by atoms with E-state index in [2.05, 4.69) is 19.2 Å². The van der Waals surface area contributed by atoms with Gasteiger partial charge in [0.15, 0.2) is 0 Å². The van der Waals surface area contributed by atoms with Crippen molar-refractivity contribution in [3.63, 3.8) is 0 Å². The van der Waals surface area contributed by atoms with Gasteiger partial charge in [-0.25, -0.2) is 8.42 Å². The first-order valence-corrected chi connectivity index (χ1v) is 11.1. The average molecular weight is 403 g/mol. The van der Waals surface area contributed by atoms with Crippen molar-refractivity contribution >= 4 is 21.6 Å². The van der Waals surface area contributed by atoms with Gasteiger partial charge in [0.25, 0.3) is 5.91 Å². The summed E-state index contributed by atoms with van der Waals surface area (Å²) in [7, 11) is -3.26. The molecule has 1 saturated heterocycles. The molecule has 1 aliphatic heterocycles. The number of carbonyl (C=O) groups is 1. The normalized spacial score (nSPS) is 15.6. The SMILES string of the molecule is CC(C)COc1ccc(CNC(=O)c2cccc(N3CCCS3(=O)=O)c2)cc1. The van der Waals surface area contributed by atoms with Crippen molar-refractivity contribution in [2.24, 2.45) is 5.92 Å². The van der Waals surface area contributed by atoms with Gasteiger partial charge in [0.2, 0.25) is 10.0 Å². The lowest BCUT2D eigenvalue weighted by atomic mass is 10.1. The topological polar surface area (TPSA) is 75.7 Å². The zero-order valence-electron chi connectivity index (χ0n) is 16.2. The number of benzene rings is 2. The van der Waals surface area contributed by atoms with Gasteiger partial charge in [-0.1, -0.05) is 32.0 Å². The van der Waals surface area contributed by atoms with Gasteiger partial charge < -0.3 is 10.1 Å². The monoisotopic (exact) mass is 402 g/mol. The van der Waals surface area contributed by atoms with Gasteiger partial charge in [0, 0.05) is 18.7 Å². The van der Waals surface area contributed by atoms with Crippen LogP contribution in [0.25, 0.3) is 0 Å². The minimum Gasteiger partial charge on any atom is -0.493 e. The van der Waals surface area contributed by atoms with Crippen molar-refractivity contribution < 1.29 is 17.9 Å². The third-order valence-electron chi connectivity index (χ3n) is 4.46. The summed E-state index contributed by atoms with van der Waals surface area (Å²) in [4.78, 5) is 12.5. The average Bonchev–Trinajstić information content (AvgIpc) is 3.04. The smallest absolute Gasteiger partial charge is 0.251 e. The van der Waals surface area contributed by atoms with Crippen LogP contribution in [0.15, 0.2) is 48.5 Å². The fraction of sp³-hybridized carbons (Fsp3) is 0.381. The number of amides is 1. The molecule has 6 nitrogen and oxygen atoms in total. The van der Waals surface area contributed by atoms with Crippen LogP contribution in [-0.2, 0) is 16.6 Å². The summed E-state index contributed by atoms with van der Waals surface area (Å²) in [6.07, 6.45) is 0.607. The summed E-state index contributed by atoms with van der Waals surface area (Å²) >= 11 is 0. The number of sulfonamides is 1. The first kappa shape index (κ1) is 20.2. The highest BCUT2D eigenvalue weighted by Gasteiger charge is 2.28. The van der Waals surface area contributed by atoms with Crippen LogP contribution in [0, 0.1) is 5.92 Å². The van der Waals surface area contributed by atoms with Crippen LogP contribution < -0.4 is 14.4 Å². The van der Waals surface area contributed by atoms with E-state index in [9.17, 15) is 13.2 Å². The molecule has 2 aromatic rings. The van der Waals surface area contributed by atoms with Gasteiger partial charge in [-0.15, -0.1) is 0 Å². The van der Waals surface area contributed by atoms with Crippen molar-refractivity contribution in [2.75, 3.05) is 23.2 Å². The Labute approximate surface area is 166 Å². The zero-order valence-corrected chi connectivity index (χ0v) is 17.0. The summed E-state index contributed by atoms with van der Waals surface area (Å²) in [5, 5.41) is 2.88. The number of ether oxygens (including phenoxy) is 1. The highest BCUT2D eigenvalue weighted by atomic mass is 32.2. The van der Waals surface area contributed by atoms with Gasteiger partial charge in [0.05, 0.1) is 18.0 Å². The van der Waals surface area contributed by atoms with Gasteiger partial charge in [-0.2, -0.15) is 0 Å². The Hall–Kier alpha value is -2.54. The van der Waals surface area contributed by atoms with E-state index in [1.807, 2.05) is 24.3 Å². The Morgan fingerprint density at radius 2 is 1.93 bits per heavy atom. The molecule has 28 heavy (non-hydrogen) atoms. The van der Waals surface area contributed by atoms with Crippen molar-refractivity contribution in [1.82, 2.24) is 5.32 Å². The lowest BCUT2D eigenvalue weighted by Crippen LogP contribution is -2.26. The summed E-state index contributed by atoms with van der Waals surface area (Å²) < 4.78 is 31.2. The Bertz CT molecular complexity index is 924. The van der Waals surface area contributed by atoms with Crippen LogP contribution in [0.1, 0.15) is 36.2 Å².